The molecule has 8 nitrogen and oxygen atoms in total. The second-order valence-corrected chi connectivity index (χ2v) is 10.4. The third-order valence-electron chi connectivity index (χ3n) is 5.68. The molecule has 0 aliphatic rings. The molecule has 0 spiro atoms. The monoisotopic (exact) mass is 531 g/mol. The Morgan fingerprint density at radius 1 is 0.895 bits per heavy atom. The van der Waals surface area contributed by atoms with Crippen molar-refractivity contribution in [3.05, 3.63) is 102 Å². The predicted octanol–water partition coefficient (Wildman–Crippen LogP) is 4.73. The molecular formula is C29H29N3O5S. The van der Waals surface area contributed by atoms with Gasteiger partial charge in [0.15, 0.2) is 0 Å². The van der Waals surface area contributed by atoms with Crippen LogP contribution in [-0.2, 0) is 21.4 Å². The van der Waals surface area contributed by atoms with Crippen LogP contribution in [0.1, 0.15) is 18.1 Å². The Labute approximate surface area is 222 Å². The number of nitrogens with zero attached hydrogens (tertiary/aromatic N) is 2. The van der Waals surface area contributed by atoms with Gasteiger partial charge in [-0.1, -0.05) is 42.5 Å². The van der Waals surface area contributed by atoms with Gasteiger partial charge in [-0.05, 0) is 77.4 Å². The van der Waals surface area contributed by atoms with Crippen LogP contribution in [0.4, 0.5) is 5.69 Å². The van der Waals surface area contributed by atoms with E-state index in [1.54, 1.807) is 24.3 Å². The van der Waals surface area contributed by atoms with Gasteiger partial charge in [0.2, 0.25) is 10.0 Å². The molecule has 0 saturated heterocycles. The Morgan fingerprint density at radius 3 is 2.26 bits per heavy atom. The lowest BCUT2D eigenvalue weighted by Gasteiger charge is -2.21. The fraction of sp³-hybridized carbons (Fsp3) is 0.172. The van der Waals surface area contributed by atoms with E-state index in [1.807, 2.05) is 55.5 Å². The quantitative estimate of drug-likeness (QED) is 0.223. The van der Waals surface area contributed by atoms with Crippen LogP contribution in [0.15, 0.2) is 96.1 Å². The van der Waals surface area contributed by atoms with E-state index in [4.69, 9.17) is 9.47 Å². The minimum absolute atomic E-state index is 0.356. The van der Waals surface area contributed by atoms with Crippen molar-refractivity contribution in [2.24, 2.45) is 5.10 Å². The van der Waals surface area contributed by atoms with Crippen molar-refractivity contribution in [3.63, 3.8) is 0 Å². The molecule has 4 aromatic carbocycles. The summed E-state index contributed by atoms with van der Waals surface area (Å²) in [5, 5.41) is 6.29. The third-order valence-corrected chi connectivity index (χ3v) is 6.82. The van der Waals surface area contributed by atoms with Gasteiger partial charge in [0.25, 0.3) is 5.91 Å². The zero-order valence-electron chi connectivity index (χ0n) is 21.2. The Bertz CT molecular complexity index is 1510. The van der Waals surface area contributed by atoms with Crippen LogP contribution in [0, 0.1) is 0 Å². The largest absolute Gasteiger partial charge is 0.494 e. The number of hydrogen-bond acceptors (Lipinski definition) is 6. The van der Waals surface area contributed by atoms with Crippen molar-refractivity contribution >= 4 is 38.6 Å². The molecule has 1 amide bonds. The summed E-state index contributed by atoms with van der Waals surface area (Å²) >= 11 is 0. The number of nitrogens with one attached hydrogen (secondary N) is 1. The summed E-state index contributed by atoms with van der Waals surface area (Å²) in [4.78, 5) is 12.4. The smallest absolute Gasteiger partial charge is 0.260 e. The molecule has 4 rings (SSSR count). The van der Waals surface area contributed by atoms with E-state index in [9.17, 15) is 13.2 Å². The molecule has 0 atom stereocenters. The second-order valence-electron chi connectivity index (χ2n) is 8.49. The molecule has 0 unspecified atom stereocenters. The fourth-order valence-corrected chi connectivity index (χ4v) is 4.71. The molecule has 4 aromatic rings. The zero-order chi connectivity index (χ0) is 27.0. The van der Waals surface area contributed by atoms with Gasteiger partial charge in [0, 0.05) is 0 Å². The molecule has 0 fully saturated rings. The van der Waals surface area contributed by atoms with E-state index in [1.165, 1.54) is 11.6 Å². The minimum Gasteiger partial charge on any atom is -0.494 e. The summed E-state index contributed by atoms with van der Waals surface area (Å²) in [7, 11) is -3.69. The first-order valence-electron chi connectivity index (χ1n) is 12.1. The van der Waals surface area contributed by atoms with E-state index in [0.717, 1.165) is 27.1 Å². The van der Waals surface area contributed by atoms with Crippen LogP contribution in [0.3, 0.4) is 0 Å². The zero-order valence-corrected chi connectivity index (χ0v) is 22.0. The highest BCUT2D eigenvalue weighted by atomic mass is 32.2. The van der Waals surface area contributed by atoms with E-state index < -0.39 is 22.5 Å². The van der Waals surface area contributed by atoms with Crippen LogP contribution in [0.5, 0.6) is 11.5 Å². The SMILES string of the molecule is CCOc1ccc(N(CC(=O)N/N=C\c2ccc(OCc3cccc4ccccc34)cc2)S(C)(=O)=O)cc1. The molecule has 0 heterocycles. The highest BCUT2D eigenvalue weighted by Gasteiger charge is 2.20. The number of amides is 1. The number of fused-ring (bicyclic) bond motifs is 1. The van der Waals surface area contributed by atoms with Gasteiger partial charge >= 0.3 is 0 Å². The van der Waals surface area contributed by atoms with Crippen LogP contribution in [0.2, 0.25) is 0 Å². The number of hydrazone groups is 1. The first-order valence-corrected chi connectivity index (χ1v) is 13.9. The van der Waals surface area contributed by atoms with Crippen LogP contribution in [-0.4, -0.2) is 39.9 Å². The maximum Gasteiger partial charge on any atom is 0.260 e. The Balaban J connectivity index is 1.32. The molecule has 9 heteroatoms. The van der Waals surface area contributed by atoms with E-state index >= 15 is 0 Å². The molecule has 1 N–H and O–H groups in total. The van der Waals surface area contributed by atoms with Crippen molar-refractivity contribution in [1.82, 2.24) is 5.43 Å². The topological polar surface area (TPSA) is 97.3 Å². The van der Waals surface area contributed by atoms with Gasteiger partial charge in [-0.25, -0.2) is 13.8 Å². The molecule has 196 valence electrons. The highest BCUT2D eigenvalue weighted by molar-refractivity contribution is 7.92. The lowest BCUT2D eigenvalue weighted by Crippen LogP contribution is -2.39. The molecule has 0 aliphatic heterocycles. The normalized spacial score (nSPS) is 11.4. The van der Waals surface area contributed by atoms with Gasteiger partial charge in [-0.2, -0.15) is 5.10 Å². The lowest BCUT2D eigenvalue weighted by molar-refractivity contribution is -0.119. The third kappa shape index (κ3) is 7.10. The van der Waals surface area contributed by atoms with Gasteiger partial charge in [-0.3, -0.25) is 9.10 Å². The summed E-state index contributed by atoms with van der Waals surface area (Å²) in [5.41, 5.74) is 4.58. The van der Waals surface area contributed by atoms with Crippen LogP contribution in [0.25, 0.3) is 10.8 Å². The van der Waals surface area contributed by atoms with Crippen molar-refractivity contribution in [3.8, 4) is 11.5 Å². The van der Waals surface area contributed by atoms with Crippen LogP contribution < -0.4 is 19.2 Å². The van der Waals surface area contributed by atoms with Crippen LogP contribution >= 0.6 is 0 Å². The molecule has 0 radical (unpaired) electrons. The maximum atomic E-state index is 12.4. The molecule has 0 aromatic heterocycles. The average Bonchev–Trinajstić information content (AvgIpc) is 2.91. The second kappa shape index (κ2) is 12.2. The Kier molecular flexibility index (Phi) is 8.60. The standard InChI is InChI=1S/C29H29N3O5S/c1-3-36-26-17-13-25(14-18-26)32(38(2,34)35)20-29(33)31-30-19-22-11-15-27(16-12-22)37-21-24-9-6-8-23-7-4-5-10-28(23)24/h4-19H,3,20-21H2,1-2H3,(H,31,33)/b30-19-. The minimum atomic E-state index is -3.69. The number of anilines is 1. The molecular weight excluding hydrogens is 502 g/mol. The molecule has 38 heavy (non-hydrogen) atoms. The molecule has 0 bridgehead atoms. The van der Waals surface area contributed by atoms with Gasteiger partial charge in [0.05, 0.1) is 24.8 Å². The van der Waals surface area contributed by atoms with Crippen molar-refractivity contribution < 1.29 is 22.7 Å². The number of carbonyl (C=O) groups excluding carboxylic acids is 1. The number of rotatable bonds is 11. The fourth-order valence-electron chi connectivity index (χ4n) is 3.85. The van der Waals surface area contributed by atoms with Gasteiger partial charge in [0.1, 0.15) is 24.7 Å². The molecule has 0 aliphatic carbocycles. The Hall–Kier alpha value is -4.37. The summed E-state index contributed by atoms with van der Waals surface area (Å²) < 4.78 is 36.9. The van der Waals surface area contributed by atoms with Gasteiger partial charge in [-0.15, -0.1) is 0 Å². The highest BCUT2D eigenvalue weighted by Crippen LogP contribution is 2.22. The number of hydrogen-bond donors (Lipinski definition) is 1. The maximum absolute atomic E-state index is 12.4. The van der Waals surface area contributed by atoms with E-state index in [-0.39, 0.29) is 0 Å². The number of benzene rings is 4. The summed E-state index contributed by atoms with van der Waals surface area (Å²) in [6.45, 7) is 2.38. The van der Waals surface area contributed by atoms with Crippen molar-refractivity contribution in [1.29, 1.82) is 0 Å². The summed E-state index contributed by atoms with van der Waals surface area (Å²) in [6.07, 6.45) is 2.53. The molecule has 0 saturated carbocycles. The summed E-state index contributed by atoms with van der Waals surface area (Å²) in [5.74, 6) is 0.748. The number of sulfonamides is 1. The predicted molar refractivity (Wildman–Crippen MR) is 150 cm³/mol. The number of carbonyl (C=O) groups is 1. The Morgan fingerprint density at radius 2 is 1.55 bits per heavy atom. The van der Waals surface area contributed by atoms with Crippen molar-refractivity contribution in [2.75, 3.05) is 23.7 Å². The van der Waals surface area contributed by atoms with Crippen molar-refractivity contribution in [2.45, 2.75) is 13.5 Å². The summed E-state index contributed by atoms with van der Waals surface area (Å²) in [6, 6.07) is 28.1. The van der Waals surface area contributed by atoms with E-state index in [2.05, 4.69) is 28.7 Å². The van der Waals surface area contributed by atoms with Gasteiger partial charge < -0.3 is 9.47 Å². The van der Waals surface area contributed by atoms with E-state index in [0.29, 0.717) is 30.4 Å². The first-order chi connectivity index (χ1) is 18.3. The average molecular weight is 532 g/mol. The number of ether oxygens (including phenoxy) is 2. The lowest BCUT2D eigenvalue weighted by atomic mass is 10.1. The first kappa shape index (κ1) is 26.7.